The van der Waals surface area contributed by atoms with Gasteiger partial charge in [-0.1, -0.05) is 0 Å². The second-order valence-corrected chi connectivity index (χ2v) is 5.59. The van der Waals surface area contributed by atoms with Crippen LogP contribution in [-0.2, 0) is 14.3 Å². The molecule has 0 saturated carbocycles. The summed E-state index contributed by atoms with van der Waals surface area (Å²) in [5.74, 6) is -1.58. The highest BCUT2D eigenvalue weighted by atomic mass is 16.5. The van der Waals surface area contributed by atoms with E-state index in [0.29, 0.717) is 39.1 Å². The van der Waals surface area contributed by atoms with E-state index in [1.165, 1.54) is 0 Å². The molecule has 4 N–H and O–H groups in total. The lowest BCUT2D eigenvalue weighted by molar-refractivity contribution is -0.148. The van der Waals surface area contributed by atoms with Crippen molar-refractivity contribution in [1.29, 1.82) is 0 Å². The summed E-state index contributed by atoms with van der Waals surface area (Å²) in [6.45, 7) is 1.45. The van der Waals surface area contributed by atoms with Crippen molar-refractivity contribution in [3.63, 3.8) is 0 Å². The molecule has 0 bridgehead atoms. The van der Waals surface area contributed by atoms with Crippen LogP contribution in [0.3, 0.4) is 0 Å². The first-order chi connectivity index (χ1) is 9.94. The minimum atomic E-state index is -1.25. The molecule has 2 heterocycles. The fraction of sp³-hybridized carbons (Fsp3) is 0.769. The van der Waals surface area contributed by atoms with Crippen LogP contribution in [0.4, 0.5) is 4.79 Å². The molecule has 8 nitrogen and oxygen atoms in total. The van der Waals surface area contributed by atoms with Gasteiger partial charge in [0.2, 0.25) is 5.91 Å². The van der Waals surface area contributed by atoms with Gasteiger partial charge in [0.05, 0.1) is 0 Å². The number of hydrogen-bond donors (Lipinski definition) is 3. The number of amides is 3. The number of carbonyl (C=O) groups excluding carboxylic acids is 2. The SMILES string of the molecule is NC(=O)C1CCN(C(=O)NC2(C(=O)O)CCOCC2)CC1. The Balaban J connectivity index is 1.94. The molecule has 8 heteroatoms. The standard InChI is InChI=1S/C13H21N3O5/c14-10(17)9-1-5-16(6-2-9)12(20)15-13(11(18)19)3-7-21-8-4-13/h9H,1-8H2,(H2,14,17)(H,15,20)(H,18,19). The molecule has 0 unspecified atom stereocenters. The van der Waals surface area contributed by atoms with E-state index >= 15 is 0 Å². The average Bonchev–Trinajstić information content (AvgIpc) is 2.48. The number of piperidine rings is 1. The summed E-state index contributed by atoms with van der Waals surface area (Å²) < 4.78 is 5.16. The number of rotatable bonds is 3. The number of carboxylic acids is 1. The molecule has 0 radical (unpaired) electrons. The first-order valence-electron chi connectivity index (χ1n) is 7.12. The van der Waals surface area contributed by atoms with Gasteiger partial charge in [0, 0.05) is 45.1 Å². The lowest BCUT2D eigenvalue weighted by atomic mass is 9.90. The van der Waals surface area contributed by atoms with E-state index in [1.54, 1.807) is 4.90 Å². The van der Waals surface area contributed by atoms with Gasteiger partial charge in [-0.15, -0.1) is 0 Å². The second kappa shape index (κ2) is 6.30. The zero-order chi connectivity index (χ0) is 15.5. The molecule has 2 aliphatic rings. The predicted octanol–water partition coefficient (Wildman–Crippen LogP) is -0.473. The van der Waals surface area contributed by atoms with E-state index in [9.17, 15) is 19.5 Å². The molecule has 2 fully saturated rings. The maximum Gasteiger partial charge on any atom is 0.329 e. The van der Waals surface area contributed by atoms with Crippen molar-refractivity contribution in [3.8, 4) is 0 Å². The van der Waals surface area contributed by atoms with Crippen LogP contribution in [0.15, 0.2) is 0 Å². The normalized spacial score (nSPS) is 22.6. The number of ether oxygens (including phenoxy) is 1. The Morgan fingerprint density at radius 1 is 1.19 bits per heavy atom. The summed E-state index contributed by atoms with van der Waals surface area (Å²) in [4.78, 5) is 36.4. The minimum absolute atomic E-state index is 0.203. The van der Waals surface area contributed by atoms with Crippen LogP contribution < -0.4 is 11.1 Å². The summed E-state index contributed by atoms with van der Waals surface area (Å²) in [6.07, 6.45) is 1.55. The quantitative estimate of drug-likeness (QED) is 0.650. The number of primary amides is 1. The molecule has 0 aliphatic carbocycles. The summed E-state index contributed by atoms with van der Waals surface area (Å²) >= 11 is 0. The molecule has 0 atom stereocenters. The number of nitrogens with two attached hydrogens (primary N) is 1. The monoisotopic (exact) mass is 299 g/mol. The topological polar surface area (TPSA) is 122 Å². The van der Waals surface area contributed by atoms with Gasteiger partial charge in [-0.05, 0) is 12.8 Å². The Kier molecular flexibility index (Phi) is 4.66. The Bertz CT molecular complexity index is 426. The fourth-order valence-electron chi connectivity index (χ4n) is 2.76. The van der Waals surface area contributed by atoms with E-state index in [-0.39, 0.29) is 24.7 Å². The summed E-state index contributed by atoms with van der Waals surface area (Å²) in [5.41, 5.74) is 4.00. The van der Waals surface area contributed by atoms with Gasteiger partial charge in [-0.25, -0.2) is 9.59 Å². The van der Waals surface area contributed by atoms with Gasteiger partial charge in [0.25, 0.3) is 0 Å². The number of carboxylic acid groups (broad SMARTS) is 1. The Labute approximate surface area is 122 Å². The number of nitrogens with one attached hydrogen (secondary N) is 1. The molecule has 2 saturated heterocycles. The summed E-state index contributed by atoms with van der Waals surface area (Å²) in [5, 5.41) is 12.0. The maximum absolute atomic E-state index is 12.2. The van der Waals surface area contributed by atoms with Gasteiger partial charge in [-0.2, -0.15) is 0 Å². The number of urea groups is 1. The van der Waals surface area contributed by atoms with Crippen LogP contribution in [-0.4, -0.2) is 59.8 Å². The van der Waals surface area contributed by atoms with Crippen LogP contribution in [0.2, 0.25) is 0 Å². The van der Waals surface area contributed by atoms with Crippen molar-refractivity contribution >= 4 is 17.9 Å². The molecular formula is C13H21N3O5. The number of hydrogen-bond acceptors (Lipinski definition) is 4. The van der Waals surface area contributed by atoms with Gasteiger partial charge in [-0.3, -0.25) is 4.79 Å². The highest BCUT2D eigenvalue weighted by Gasteiger charge is 2.42. The second-order valence-electron chi connectivity index (χ2n) is 5.59. The van der Waals surface area contributed by atoms with Crippen LogP contribution in [0.25, 0.3) is 0 Å². The third-order valence-corrected chi connectivity index (χ3v) is 4.29. The minimum Gasteiger partial charge on any atom is -0.480 e. The third-order valence-electron chi connectivity index (χ3n) is 4.29. The Morgan fingerprint density at radius 2 is 1.76 bits per heavy atom. The van der Waals surface area contributed by atoms with Crippen molar-refractivity contribution in [2.75, 3.05) is 26.3 Å². The number of aliphatic carboxylic acids is 1. The third kappa shape index (κ3) is 3.44. The first-order valence-corrected chi connectivity index (χ1v) is 7.12. The van der Waals surface area contributed by atoms with E-state index in [0.717, 1.165) is 0 Å². The van der Waals surface area contributed by atoms with Gasteiger partial charge in [0.15, 0.2) is 0 Å². The molecule has 0 aromatic heterocycles. The van der Waals surface area contributed by atoms with Crippen LogP contribution in [0.1, 0.15) is 25.7 Å². The first kappa shape index (κ1) is 15.6. The molecule has 0 spiro atoms. The van der Waals surface area contributed by atoms with E-state index in [1.807, 2.05) is 0 Å². The van der Waals surface area contributed by atoms with Crippen molar-refractivity contribution in [2.24, 2.45) is 11.7 Å². The maximum atomic E-state index is 12.2. The summed E-state index contributed by atoms with van der Waals surface area (Å²) in [6, 6.07) is -0.401. The zero-order valence-electron chi connectivity index (χ0n) is 11.8. The van der Waals surface area contributed by atoms with Crippen LogP contribution >= 0.6 is 0 Å². The Morgan fingerprint density at radius 3 is 2.24 bits per heavy atom. The van der Waals surface area contributed by atoms with E-state index < -0.39 is 17.5 Å². The molecule has 118 valence electrons. The van der Waals surface area contributed by atoms with Gasteiger partial charge < -0.3 is 25.8 Å². The number of likely N-dealkylation sites (tertiary alicyclic amines) is 1. The molecule has 0 aromatic carbocycles. The number of nitrogens with zero attached hydrogens (tertiary/aromatic N) is 1. The molecule has 21 heavy (non-hydrogen) atoms. The highest BCUT2D eigenvalue weighted by Crippen LogP contribution is 2.23. The van der Waals surface area contributed by atoms with Crippen molar-refractivity contribution < 1.29 is 24.2 Å². The van der Waals surface area contributed by atoms with E-state index in [2.05, 4.69) is 5.32 Å². The lowest BCUT2D eigenvalue weighted by Gasteiger charge is -2.37. The average molecular weight is 299 g/mol. The zero-order valence-corrected chi connectivity index (χ0v) is 11.8. The largest absolute Gasteiger partial charge is 0.480 e. The Hall–Kier alpha value is -1.83. The van der Waals surface area contributed by atoms with E-state index in [4.69, 9.17) is 10.5 Å². The van der Waals surface area contributed by atoms with Gasteiger partial charge >= 0.3 is 12.0 Å². The lowest BCUT2D eigenvalue weighted by Crippen LogP contribution is -2.61. The fourth-order valence-corrected chi connectivity index (χ4v) is 2.76. The number of carbonyl (C=O) groups is 3. The van der Waals surface area contributed by atoms with Crippen molar-refractivity contribution in [3.05, 3.63) is 0 Å². The smallest absolute Gasteiger partial charge is 0.329 e. The van der Waals surface area contributed by atoms with Crippen molar-refractivity contribution in [1.82, 2.24) is 10.2 Å². The van der Waals surface area contributed by atoms with Crippen molar-refractivity contribution in [2.45, 2.75) is 31.2 Å². The van der Waals surface area contributed by atoms with Crippen LogP contribution in [0.5, 0.6) is 0 Å². The molecule has 2 aliphatic heterocycles. The molecule has 2 rings (SSSR count). The van der Waals surface area contributed by atoms with Crippen LogP contribution in [0, 0.1) is 5.92 Å². The molecular weight excluding hydrogens is 278 g/mol. The summed E-state index contributed by atoms with van der Waals surface area (Å²) in [7, 11) is 0. The molecule has 0 aromatic rings. The predicted molar refractivity (Wildman–Crippen MR) is 72.4 cm³/mol. The molecule has 3 amide bonds. The highest BCUT2D eigenvalue weighted by molar-refractivity contribution is 5.86. The van der Waals surface area contributed by atoms with Gasteiger partial charge in [0.1, 0.15) is 5.54 Å².